The van der Waals surface area contributed by atoms with Crippen molar-refractivity contribution >= 4 is 15.9 Å². The molecule has 0 saturated heterocycles. The van der Waals surface area contributed by atoms with Crippen LogP contribution in [-0.4, -0.2) is 24.7 Å². The molecule has 8 heteroatoms. The molecule has 4 rings (SSSR count). The normalized spacial score (nSPS) is 10.8. The fraction of sp³-hybridized carbons (Fsp3) is 0.0588. The van der Waals surface area contributed by atoms with E-state index in [1.807, 2.05) is 41.9 Å². The third kappa shape index (κ3) is 3.16. The molecule has 4 aromatic rings. The lowest BCUT2D eigenvalue weighted by Gasteiger charge is -2.07. The molecule has 0 fully saturated rings. The van der Waals surface area contributed by atoms with Crippen molar-refractivity contribution in [3.63, 3.8) is 0 Å². The van der Waals surface area contributed by atoms with Crippen molar-refractivity contribution in [1.82, 2.24) is 24.7 Å². The summed E-state index contributed by atoms with van der Waals surface area (Å²) in [5, 5.41) is 4.02. The van der Waals surface area contributed by atoms with Crippen LogP contribution in [-0.2, 0) is 7.05 Å². The molecule has 0 radical (unpaired) electrons. The first-order chi connectivity index (χ1) is 12.2. The SMILES string of the molecule is Cn1cncc1-c1noc(-c2cccnc2Oc2cccc(Br)c2)n1. The summed E-state index contributed by atoms with van der Waals surface area (Å²) in [5.74, 6) is 1.82. The zero-order valence-corrected chi connectivity index (χ0v) is 14.7. The Bertz CT molecular complexity index is 1030. The predicted molar refractivity (Wildman–Crippen MR) is 93.9 cm³/mol. The summed E-state index contributed by atoms with van der Waals surface area (Å²) < 4.78 is 14.0. The molecule has 124 valence electrons. The Morgan fingerprint density at radius 3 is 2.92 bits per heavy atom. The second kappa shape index (κ2) is 6.48. The number of ether oxygens (including phenoxy) is 1. The third-order valence-corrected chi connectivity index (χ3v) is 3.98. The number of rotatable bonds is 4. The van der Waals surface area contributed by atoms with Crippen LogP contribution in [0.4, 0.5) is 0 Å². The summed E-state index contributed by atoms with van der Waals surface area (Å²) in [6.07, 6.45) is 5.00. The van der Waals surface area contributed by atoms with Gasteiger partial charge in [0.2, 0.25) is 11.7 Å². The van der Waals surface area contributed by atoms with Gasteiger partial charge in [-0.15, -0.1) is 0 Å². The molecule has 0 aliphatic heterocycles. The van der Waals surface area contributed by atoms with Gasteiger partial charge in [0.15, 0.2) is 0 Å². The molecule has 0 atom stereocenters. The number of imidazole rings is 1. The molecule has 1 aromatic carbocycles. The molecule has 0 aliphatic rings. The maximum Gasteiger partial charge on any atom is 0.263 e. The van der Waals surface area contributed by atoms with Crippen molar-refractivity contribution in [2.75, 3.05) is 0 Å². The lowest BCUT2D eigenvalue weighted by Crippen LogP contribution is -1.92. The zero-order valence-electron chi connectivity index (χ0n) is 13.1. The largest absolute Gasteiger partial charge is 0.438 e. The van der Waals surface area contributed by atoms with E-state index in [0.717, 1.165) is 10.2 Å². The first-order valence-electron chi connectivity index (χ1n) is 7.40. The smallest absolute Gasteiger partial charge is 0.263 e. The Hall–Kier alpha value is -3.00. The van der Waals surface area contributed by atoms with Crippen molar-refractivity contribution in [2.45, 2.75) is 0 Å². The Morgan fingerprint density at radius 2 is 2.12 bits per heavy atom. The van der Waals surface area contributed by atoms with E-state index in [2.05, 4.69) is 36.0 Å². The van der Waals surface area contributed by atoms with Crippen LogP contribution < -0.4 is 4.74 Å². The van der Waals surface area contributed by atoms with Crippen LogP contribution in [0.1, 0.15) is 0 Å². The number of hydrogen-bond donors (Lipinski definition) is 0. The van der Waals surface area contributed by atoms with Crippen molar-refractivity contribution < 1.29 is 9.26 Å². The molecule has 0 saturated carbocycles. The molecule has 0 aliphatic carbocycles. The van der Waals surface area contributed by atoms with Crippen LogP contribution in [0.25, 0.3) is 23.0 Å². The summed E-state index contributed by atoms with van der Waals surface area (Å²) in [6.45, 7) is 0. The van der Waals surface area contributed by atoms with Gasteiger partial charge in [0.05, 0.1) is 12.5 Å². The highest BCUT2D eigenvalue weighted by molar-refractivity contribution is 9.10. The average Bonchev–Trinajstić information content (AvgIpc) is 3.24. The molecule has 0 N–H and O–H groups in total. The molecule has 0 unspecified atom stereocenters. The lowest BCUT2D eigenvalue weighted by atomic mass is 10.2. The van der Waals surface area contributed by atoms with Gasteiger partial charge in [-0.3, -0.25) is 0 Å². The highest BCUT2D eigenvalue weighted by Gasteiger charge is 2.17. The highest BCUT2D eigenvalue weighted by atomic mass is 79.9. The van der Waals surface area contributed by atoms with Gasteiger partial charge >= 0.3 is 0 Å². The molecular weight excluding hydrogens is 386 g/mol. The summed E-state index contributed by atoms with van der Waals surface area (Å²) in [5.41, 5.74) is 1.37. The Balaban J connectivity index is 1.70. The molecular formula is C17H12BrN5O2. The predicted octanol–water partition coefficient (Wildman–Crippen LogP) is 4.09. The number of nitrogens with zero attached hydrogens (tertiary/aromatic N) is 5. The molecule has 25 heavy (non-hydrogen) atoms. The van der Waals surface area contributed by atoms with Crippen LogP contribution in [0.3, 0.4) is 0 Å². The Kier molecular flexibility index (Phi) is 4.02. The van der Waals surface area contributed by atoms with Gasteiger partial charge in [0, 0.05) is 17.7 Å². The van der Waals surface area contributed by atoms with Gasteiger partial charge in [-0.05, 0) is 30.3 Å². The van der Waals surface area contributed by atoms with E-state index in [9.17, 15) is 0 Å². The van der Waals surface area contributed by atoms with E-state index in [4.69, 9.17) is 9.26 Å². The van der Waals surface area contributed by atoms with Gasteiger partial charge in [0.1, 0.15) is 17.0 Å². The maximum atomic E-state index is 5.88. The Morgan fingerprint density at radius 1 is 1.20 bits per heavy atom. The first-order valence-corrected chi connectivity index (χ1v) is 8.19. The van der Waals surface area contributed by atoms with Gasteiger partial charge in [-0.1, -0.05) is 27.2 Å². The molecule has 0 spiro atoms. The van der Waals surface area contributed by atoms with Crippen LogP contribution in [0.5, 0.6) is 11.6 Å². The van der Waals surface area contributed by atoms with Gasteiger partial charge in [-0.25, -0.2) is 9.97 Å². The standard InChI is InChI=1S/C17H12BrN5O2/c1-23-10-19-9-14(23)15-21-17(25-22-15)13-6-3-7-20-16(13)24-12-5-2-4-11(18)8-12/h2-10H,1H3. The number of pyridine rings is 1. The number of aromatic nitrogens is 5. The van der Waals surface area contributed by atoms with Crippen molar-refractivity contribution in [3.8, 4) is 34.6 Å². The van der Waals surface area contributed by atoms with E-state index in [1.54, 1.807) is 24.8 Å². The fourth-order valence-corrected chi connectivity index (χ4v) is 2.66. The molecule has 7 nitrogen and oxygen atoms in total. The number of benzene rings is 1. The molecule has 0 bridgehead atoms. The topological polar surface area (TPSA) is 78.9 Å². The van der Waals surface area contributed by atoms with E-state index < -0.39 is 0 Å². The van der Waals surface area contributed by atoms with Crippen molar-refractivity contribution in [3.05, 3.63) is 59.6 Å². The van der Waals surface area contributed by atoms with Crippen LogP contribution in [0.2, 0.25) is 0 Å². The van der Waals surface area contributed by atoms with E-state index in [1.165, 1.54) is 0 Å². The van der Waals surface area contributed by atoms with Gasteiger partial charge < -0.3 is 13.8 Å². The number of halogens is 1. The monoisotopic (exact) mass is 397 g/mol. The lowest BCUT2D eigenvalue weighted by molar-refractivity contribution is 0.423. The summed E-state index contributed by atoms with van der Waals surface area (Å²) in [4.78, 5) is 12.8. The first kappa shape index (κ1) is 15.5. The zero-order chi connectivity index (χ0) is 17.2. The Labute approximate surface area is 151 Å². The summed E-state index contributed by atoms with van der Waals surface area (Å²) >= 11 is 3.42. The van der Waals surface area contributed by atoms with Gasteiger partial charge in [-0.2, -0.15) is 4.98 Å². The van der Waals surface area contributed by atoms with Gasteiger partial charge in [0.25, 0.3) is 5.89 Å². The minimum absolute atomic E-state index is 0.328. The maximum absolute atomic E-state index is 5.88. The minimum Gasteiger partial charge on any atom is -0.438 e. The number of hydrogen-bond acceptors (Lipinski definition) is 6. The average molecular weight is 398 g/mol. The summed E-state index contributed by atoms with van der Waals surface area (Å²) in [6, 6.07) is 11.1. The molecule has 0 amide bonds. The second-order valence-electron chi connectivity index (χ2n) is 5.23. The number of aryl methyl sites for hydroxylation is 1. The highest BCUT2D eigenvalue weighted by Crippen LogP contribution is 2.32. The molecule has 3 heterocycles. The minimum atomic E-state index is 0.328. The van der Waals surface area contributed by atoms with E-state index in [-0.39, 0.29) is 0 Å². The third-order valence-electron chi connectivity index (χ3n) is 3.48. The van der Waals surface area contributed by atoms with Crippen molar-refractivity contribution in [1.29, 1.82) is 0 Å². The van der Waals surface area contributed by atoms with Crippen LogP contribution in [0.15, 0.2) is 64.1 Å². The summed E-state index contributed by atoms with van der Waals surface area (Å²) in [7, 11) is 1.87. The van der Waals surface area contributed by atoms with E-state index >= 15 is 0 Å². The van der Waals surface area contributed by atoms with Crippen molar-refractivity contribution in [2.24, 2.45) is 7.05 Å². The van der Waals surface area contributed by atoms with E-state index in [0.29, 0.717) is 28.9 Å². The fourth-order valence-electron chi connectivity index (χ4n) is 2.29. The van der Waals surface area contributed by atoms with Crippen LogP contribution >= 0.6 is 15.9 Å². The molecule has 3 aromatic heterocycles. The quantitative estimate of drug-likeness (QED) is 0.515. The van der Waals surface area contributed by atoms with Crippen LogP contribution in [0, 0.1) is 0 Å². The second-order valence-corrected chi connectivity index (χ2v) is 6.14.